The first kappa shape index (κ1) is 23.3. The van der Waals surface area contributed by atoms with Crippen molar-refractivity contribution in [3.8, 4) is 11.5 Å². The van der Waals surface area contributed by atoms with Crippen LogP contribution in [0.2, 0.25) is 0 Å². The Morgan fingerprint density at radius 2 is 1.58 bits per heavy atom. The van der Waals surface area contributed by atoms with Crippen molar-refractivity contribution in [3.63, 3.8) is 0 Å². The number of phenolic OH excluding ortho intramolecular Hbond substituents is 1. The molecule has 5 heteroatoms. The Morgan fingerprint density at radius 1 is 1.03 bits per heavy atom. The van der Waals surface area contributed by atoms with E-state index < -0.39 is 0 Å². The van der Waals surface area contributed by atoms with Gasteiger partial charge in [-0.05, 0) is 52.3 Å². The van der Waals surface area contributed by atoms with Crippen LogP contribution in [-0.2, 0) is 22.2 Å². The standard InChI is InChI=1S/C26H33NO3S/c1-25(2,3)20-12-18(13-21(23(20)28)26(4,5)6)14-22-24(29)27(16-31-22)15-17-8-10-19(30-7)11-9-17/h8-14,28H,15-16H2,1-7H3/b22-14-. The smallest absolute Gasteiger partial charge is 0.261 e. The Bertz CT molecular complexity index is 960. The lowest BCUT2D eigenvalue weighted by Gasteiger charge is -2.28. The minimum atomic E-state index is -0.203. The molecule has 0 bridgehead atoms. The minimum absolute atomic E-state index is 0.0449. The van der Waals surface area contributed by atoms with E-state index in [0.29, 0.717) is 18.2 Å². The van der Waals surface area contributed by atoms with Gasteiger partial charge in [0.25, 0.3) is 5.91 Å². The monoisotopic (exact) mass is 439 g/mol. The number of aromatic hydroxyl groups is 1. The molecule has 1 N–H and O–H groups in total. The zero-order valence-corrected chi connectivity index (χ0v) is 20.4. The highest BCUT2D eigenvalue weighted by molar-refractivity contribution is 8.04. The third kappa shape index (κ3) is 5.27. The number of ether oxygens (including phenoxy) is 1. The van der Waals surface area contributed by atoms with Crippen molar-refractivity contribution < 1.29 is 14.6 Å². The minimum Gasteiger partial charge on any atom is -0.507 e. The maximum atomic E-state index is 13.0. The lowest BCUT2D eigenvalue weighted by atomic mass is 9.78. The molecule has 4 nitrogen and oxygen atoms in total. The first-order valence-corrected chi connectivity index (χ1v) is 11.5. The van der Waals surface area contributed by atoms with Gasteiger partial charge in [-0.25, -0.2) is 0 Å². The number of hydrogen-bond donors (Lipinski definition) is 1. The van der Waals surface area contributed by atoms with E-state index >= 15 is 0 Å². The van der Waals surface area contributed by atoms with Gasteiger partial charge in [-0.3, -0.25) is 4.79 Å². The fourth-order valence-corrected chi connectivity index (χ4v) is 4.61. The predicted octanol–water partition coefficient (Wildman–Crippen LogP) is 6.07. The number of methoxy groups -OCH3 is 1. The van der Waals surface area contributed by atoms with Gasteiger partial charge in [0.15, 0.2) is 0 Å². The lowest BCUT2D eigenvalue weighted by Crippen LogP contribution is -2.24. The molecule has 3 rings (SSSR count). The highest BCUT2D eigenvalue weighted by Gasteiger charge is 2.29. The fourth-order valence-electron chi connectivity index (χ4n) is 3.63. The molecule has 0 aliphatic carbocycles. The van der Waals surface area contributed by atoms with E-state index in [-0.39, 0.29) is 16.7 Å². The van der Waals surface area contributed by atoms with Gasteiger partial charge in [0, 0.05) is 17.7 Å². The summed E-state index contributed by atoms with van der Waals surface area (Å²) in [6.45, 7) is 13.1. The molecule has 1 fully saturated rings. The molecule has 0 radical (unpaired) electrons. The number of carbonyl (C=O) groups is 1. The molecule has 1 heterocycles. The third-order valence-corrected chi connectivity index (χ3v) is 6.50. The summed E-state index contributed by atoms with van der Waals surface area (Å²) >= 11 is 1.56. The molecular weight excluding hydrogens is 406 g/mol. The summed E-state index contributed by atoms with van der Waals surface area (Å²) in [6.07, 6.45) is 1.96. The Morgan fingerprint density at radius 3 is 2.06 bits per heavy atom. The molecule has 1 saturated heterocycles. The van der Waals surface area contributed by atoms with Gasteiger partial charge < -0.3 is 14.7 Å². The fraction of sp³-hybridized carbons (Fsp3) is 0.423. The van der Waals surface area contributed by atoms with Crippen LogP contribution in [-0.4, -0.2) is 28.9 Å². The maximum absolute atomic E-state index is 13.0. The maximum Gasteiger partial charge on any atom is 0.261 e. The largest absolute Gasteiger partial charge is 0.507 e. The number of carbonyl (C=O) groups excluding carboxylic acids is 1. The lowest BCUT2D eigenvalue weighted by molar-refractivity contribution is -0.125. The van der Waals surface area contributed by atoms with Crippen LogP contribution in [0.15, 0.2) is 41.3 Å². The molecule has 166 valence electrons. The summed E-state index contributed by atoms with van der Waals surface area (Å²) in [4.78, 5) is 15.6. The Labute approximate surface area is 190 Å². The molecule has 2 aromatic carbocycles. The quantitative estimate of drug-likeness (QED) is 0.588. The molecule has 0 unspecified atom stereocenters. The first-order valence-electron chi connectivity index (χ1n) is 10.5. The van der Waals surface area contributed by atoms with Crippen molar-refractivity contribution in [3.05, 3.63) is 63.6 Å². The van der Waals surface area contributed by atoms with Crippen molar-refractivity contribution in [2.45, 2.75) is 58.9 Å². The van der Waals surface area contributed by atoms with Crippen LogP contribution >= 0.6 is 11.8 Å². The average Bonchev–Trinajstić information content (AvgIpc) is 3.01. The highest BCUT2D eigenvalue weighted by atomic mass is 32.2. The van der Waals surface area contributed by atoms with Gasteiger partial charge in [0.2, 0.25) is 0 Å². The van der Waals surface area contributed by atoms with Crippen LogP contribution in [0.4, 0.5) is 0 Å². The molecule has 0 spiro atoms. The van der Waals surface area contributed by atoms with Crippen LogP contribution in [0.1, 0.15) is 63.8 Å². The molecule has 0 saturated carbocycles. The van der Waals surface area contributed by atoms with Crippen molar-refractivity contribution in [2.24, 2.45) is 0 Å². The first-order chi connectivity index (χ1) is 14.4. The Balaban J connectivity index is 1.90. The molecule has 1 amide bonds. The summed E-state index contributed by atoms with van der Waals surface area (Å²) in [5.74, 6) is 1.84. The summed E-state index contributed by atoms with van der Waals surface area (Å²) < 4.78 is 5.21. The average molecular weight is 440 g/mol. The normalized spacial score (nSPS) is 16.3. The molecule has 0 aromatic heterocycles. The van der Waals surface area contributed by atoms with Gasteiger partial charge >= 0.3 is 0 Å². The molecule has 1 aliphatic rings. The second-order valence-electron chi connectivity index (χ2n) is 10.1. The summed E-state index contributed by atoms with van der Waals surface area (Å²) in [5.41, 5.74) is 3.42. The van der Waals surface area contributed by atoms with Crippen molar-refractivity contribution in [1.82, 2.24) is 4.90 Å². The number of hydrogen-bond acceptors (Lipinski definition) is 4. The van der Waals surface area contributed by atoms with E-state index in [1.54, 1.807) is 18.9 Å². The predicted molar refractivity (Wildman–Crippen MR) is 129 cm³/mol. The molecule has 31 heavy (non-hydrogen) atoms. The SMILES string of the molecule is COc1ccc(CN2CS/C(=C\c3cc(C(C)(C)C)c(O)c(C(C)(C)C)c3)C2=O)cc1. The second kappa shape index (κ2) is 8.62. The van der Waals surface area contributed by atoms with Gasteiger partial charge in [-0.2, -0.15) is 0 Å². The zero-order valence-electron chi connectivity index (χ0n) is 19.6. The van der Waals surface area contributed by atoms with E-state index in [2.05, 4.69) is 41.5 Å². The van der Waals surface area contributed by atoms with Crippen LogP contribution in [0.25, 0.3) is 6.08 Å². The molecule has 1 aliphatic heterocycles. The van der Waals surface area contributed by atoms with E-state index in [1.165, 1.54) is 0 Å². The molecule has 2 aromatic rings. The molecular formula is C26H33NO3S. The van der Waals surface area contributed by atoms with Crippen molar-refractivity contribution in [2.75, 3.05) is 13.0 Å². The zero-order chi connectivity index (χ0) is 23.0. The topological polar surface area (TPSA) is 49.8 Å². The van der Waals surface area contributed by atoms with Crippen LogP contribution < -0.4 is 4.74 Å². The van der Waals surface area contributed by atoms with Crippen LogP contribution in [0, 0.1) is 0 Å². The number of benzene rings is 2. The van der Waals surface area contributed by atoms with Gasteiger partial charge in [0.05, 0.1) is 17.9 Å². The van der Waals surface area contributed by atoms with E-state index in [1.807, 2.05) is 47.4 Å². The Kier molecular flexibility index (Phi) is 6.47. The Hall–Kier alpha value is -2.40. The van der Waals surface area contributed by atoms with Gasteiger partial charge in [-0.1, -0.05) is 65.4 Å². The number of phenols is 1. The van der Waals surface area contributed by atoms with E-state index in [0.717, 1.165) is 32.9 Å². The number of thioether (sulfide) groups is 1. The molecule has 0 atom stereocenters. The van der Waals surface area contributed by atoms with Crippen LogP contribution in [0.5, 0.6) is 11.5 Å². The number of amides is 1. The van der Waals surface area contributed by atoms with Crippen molar-refractivity contribution >= 4 is 23.7 Å². The summed E-state index contributed by atoms with van der Waals surface area (Å²) in [7, 11) is 1.65. The van der Waals surface area contributed by atoms with E-state index in [4.69, 9.17) is 4.74 Å². The van der Waals surface area contributed by atoms with Crippen LogP contribution in [0.3, 0.4) is 0 Å². The van der Waals surface area contributed by atoms with E-state index in [9.17, 15) is 9.90 Å². The summed E-state index contributed by atoms with van der Waals surface area (Å²) in [5, 5.41) is 10.9. The van der Waals surface area contributed by atoms with Crippen molar-refractivity contribution in [1.29, 1.82) is 0 Å². The number of nitrogens with zero attached hydrogens (tertiary/aromatic N) is 1. The van der Waals surface area contributed by atoms with Gasteiger partial charge in [-0.15, -0.1) is 0 Å². The highest BCUT2D eigenvalue weighted by Crippen LogP contribution is 2.41. The second-order valence-corrected chi connectivity index (χ2v) is 11.1. The summed E-state index contributed by atoms with van der Waals surface area (Å²) in [6, 6.07) is 11.8. The van der Waals surface area contributed by atoms with Gasteiger partial charge in [0.1, 0.15) is 11.5 Å². The third-order valence-electron chi connectivity index (χ3n) is 5.45. The number of rotatable bonds is 4.